The minimum absolute atomic E-state index is 0.177. The number of pyridine rings is 1. The summed E-state index contributed by atoms with van der Waals surface area (Å²) in [5, 5.41) is 5.14. The zero-order valence-electron chi connectivity index (χ0n) is 19.2. The number of furan rings is 1. The summed E-state index contributed by atoms with van der Waals surface area (Å²) in [5.74, 6) is 0.382. The minimum Gasteiger partial charge on any atom is -0.463 e. The molecule has 0 radical (unpaired) electrons. The number of hydrogen-bond acceptors (Lipinski definition) is 6. The number of hydrogen-bond donors (Lipinski definition) is 0. The fourth-order valence-electron chi connectivity index (χ4n) is 4.33. The molecule has 0 N–H and O–H groups in total. The third-order valence-electron chi connectivity index (χ3n) is 6.16. The van der Waals surface area contributed by atoms with Gasteiger partial charge >= 0.3 is 0 Å². The van der Waals surface area contributed by atoms with Crippen molar-refractivity contribution in [1.29, 1.82) is 0 Å². The molecular weight excluding hydrogens is 454 g/mol. The van der Waals surface area contributed by atoms with Crippen molar-refractivity contribution in [3.8, 4) is 11.5 Å². The number of benzene rings is 1. The molecule has 1 aromatic carbocycles. The second-order valence-corrected chi connectivity index (χ2v) is 10.4. The van der Waals surface area contributed by atoms with E-state index in [0.29, 0.717) is 46.8 Å². The van der Waals surface area contributed by atoms with E-state index in [9.17, 15) is 13.2 Å². The maximum atomic E-state index is 13.6. The Labute approximate surface area is 197 Å². The molecule has 0 atom stereocenters. The Morgan fingerprint density at radius 3 is 2.38 bits per heavy atom. The molecule has 0 spiro atoms. The molecule has 0 saturated carbocycles. The molecule has 176 valence electrons. The maximum Gasteiger partial charge on any atom is 0.254 e. The first-order valence-corrected chi connectivity index (χ1v) is 12.4. The van der Waals surface area contributed by atoms with Crippen LogP contribution in [0.5, 0.6) is 0 Å². The standard InChI is InChI=1S/C24H25N5O4S/c1-16-6-8-18(9-7-16)34(31,32)29-12-10-28(11-13-29)24(30)19-15-20(21-5-4-14-33-21)25-23-22(19)17(2)26-27(23)3/h4-9,14-15H,10-13H2,1-3H3. The number of fused-ring (bicyclic) bond motifs is 1. The van der Waals surface area contributed by atoms with Gasteiger partial charge in [-0.05, 0) is 44.2 Å². The van der Waals surface area contributed by atoms with E-state index in [1.165, 1.54) is 4.31 Å². The molecular formula is C24H25N5O4S. The molecule has 1 aliphatic rings. The van der Waals surface area contributed by atoms with Gasteiger partial charge in [0, 0.05) is 33.2 Å². The first kappa shape index (κ1) is 22.3. The Kier molecular flexibility index (Phi) is 5.49. The van der Waals surface area contributed by atoms with Crippen molar-refractivity contribution in [3.63, 3.8) is 0 Å². The number of aromatic nitrogens is 3. The van der Waals surface area contributed by atoms with E-state index in [1.54, 1.807) is 65.4 Å². The second kappa shape index (κ2) is 8.37. The summed E-state index contributed by atoms with van der Waals surface area (Å²) < 4.78 is 34.7. The predicted octanol–water partition coefficient (Wildman–Crippen LogP) is 2.99. The van der Waals surface area contributed by atoms with Gasteiger partial charge in [0.2, 0.25) is 10.0 Å². The number of aryl methyl sites for hydroxylation is 3. The molecule has 34 heavy (non-hydrogen) atoms. The van der Waals surface area contributed by atoms with Crippen LogP contribution in [0, 0.1) is 13.8 Å². The Morgan fingerprint density at radius 1 is 1.03 bits per heavy atom. The van der Waals surface area contributed by atoms with Gasteiger partial charge in [-0.2, -0.15) is 9.40 Å². The van der Waals surface area contributed by atoms with Gasteiger partial charge in [-0.3, -0.25) is 9.48 Å². The largest absolute Gasteiger partial charge is 0.463 e. The van der Waals surface area contributed by atoms with Crippen molar-refractivity contribution in [1.82, 2.24) is 24.0 Å². The lowest BCUT2D eigenvalue weighted by atomic mass is 10.1. The van der Waals surface area contributed by atoms with E-state index in [2.05, 4.69) is 10.1 Å². The van der Waals surface area contributed by atoms with Gasteiger partial charge in [-0.1, -0.05) is 17.7 Å². The quantitative estimate of drug-likeness (QED) is 0.446. The van der Waals surface area contributed by atoms with E-state index in [4.69, 9.17) is 4.42 Å². The minimum atomic E-state index is -3.61. The molecule has 0 bridgehead atoms. The molecule has 3 aromatic heterocycles. The van der Waals surface area contributed by atoms with Gasteiger partial charge < -0.3 is 9.32 Å². The number of sulfonamides is 1. The van der Waals surface area contributed by atoms with Gasteiger partial charge in [-0.15, -0.1) is 0 Å². The lowest BCUT2D eigenvalue weighted by Gasteiger charge is -2.34. The van der Waals surface area contributed by atoms with Gasteiger partial charge in [-0.25, -0.2) is 13.4 Å². The van der Waals surface area contributed by atoms with Crippen LogP contribution in [0.15, 0.2) is 58.0 Å². The molecule has 1 saturated heterocycles. The number of piperazine rings is 1. The van der Waals surface area contributed by atoms with Crippen LogP contribution in [0.1, 0.15) is 21.6 Å². The molecule has 1 fully saturated rings. The molecule has 1 amide bonds. The number of rotatable bonds is 4. The highest BCUT2D eigenvalue weighted by Gasteiger charge is 2.32. The van der Waals surface area contributed by atoms with Gasteiger partial charge in [0.25, 0.3) is 5.91 Å². The van der Waals surface area contributed by atoms with Crippen molar-refractivity contribution in [2.75, 3.05) is 26.2 Å². The van der Waals surface area contributed by atoms with Crippen LogP contribution in [0.2, 0.25) is 0 Å². The molecule has 0 aliphatic carbocycles. The summed E-state index contributed by atoms with van der Waals surface area (Å²) in [6.45, 7) is 4.81. The zero-order chi connectivity index (χ0) is 24.0. The van der Waals surface area contributed by atoms with Crippen LogP contribution < -0.4 is 0 Å². The molecule has 4 aromatic rings. The topological polar surface area (TPSA) is 102 Å². The average Bonchev–Trinajstić information content (AvgIpc) is 3.47. The lowest BCUT2D eigenvalue weighted by molar-refractivity contribution is 0.0700. The molecule has 1 aliphatic heterocycles. The van der Waals surface area contributed by atoms with Crippen LogP contribution in [0.25, 0.3) is 22.5 Å². The summed E-state index contributed by atoms with van der Waals surface area (Å²) >= 11 is 0. The highest BCUT2D eigenvalue weighted by atomic mass is 32.2. The number of nitrogens with zero attached hydrogens (tertiary/aromatic N) is 5. The Balaban J connectivity index is 1.43. The molecule has 4 heterocycles. The first-order valence-electron chi connectivity index (χ1n) is 11.0. The smallest absolute Gasteiger partial charge is 0.254 e. The number of amides is 1. The Hall–Kier alpha value is -3.50. The third kappa shape index (κ3) is 3.78. The van der Waals surface area contributed by atoms with E-state index in [1.807, 2.05) is 13.8 Å². The molecule has 5 rings (SSSR count). The van der Waals surface area contributed by atoms with E-state index in [0.717, 1.165) is 5.56 Å². The van der Waals surface area contributed by atoms with E-state index < -0.39 is 10.0 Å². The van der Waals surface area contributed by atoms with Gasteiger partial charge in [0.05, 0.1) is 27.8 Å². The molecule has 10 heteroatoms. The molecule has 9 nitrogen and oxygen atoms in total. The van der Waals surface area contributed by atoms with Crippen LogP contribution in [0.4, 0.5) is 0 Å². The van der Waals surface area contributed by atoms with Crippen LogP contribution in [-0.2, 0) is 17.1 Å². The second-order valence-electron chi connectivity index (χ2n) is 8.45. The Morgan fingerprint density at radius 2 is 1.74 bits per heavy atom. The number of carbonyl (C=O) groups is 1. The van der Waals surface area contributed by atoms with Crippen molar-refractivity contribution in [3.05, 3.63) is 65.5 Å². The van der Waals surface area contributed by atoms with Gasteiger partial charge in [0.1, 0.15) is 5.69 Å². The van der Waals surface area contributed by atoms with Crippen LogP contribution in [0.3, 0.4) is 0 Å². The highest BCUT2D eigenvalue weighted by Crippen LogP contribution is 2.28. The normalized spacial score (nSPS) is 15.2. The van der Waals surface area contributed by atoms with Crippen molar-refractivity contribution >= 4 is 27.0 Å². The number of carbonyl (C=O) groups excluding carboxylic acids is 1. The summed E-state index contributed by atoms with van der Waals surface area (Å²) in [7, 11) is -1.82. The maximum absolute atomic E-state index is 13.6. The SMILES string of the molecule is Cc1ccc(S(=O)(=O)N2CCN(C(=O)c3cc(-c4ccco4)nc4c3c(C)nn4C)CC2)cc1. The molecule has 0 unspecified atom stereocenters. The first-order chi connectivity index (χ1) is 16.3. The fraction of sp³-hybridized carbons (Fsp3) is 0.292. The van der Waals surface area contributed by atoms with Crippen molar-refractivity contribution < 1.29 is 17.6 Å². The van der Waals surface area contributed by atoms with Crippen LogP contribution >= 0.6 is 0 Å². The zero-order valence-corrected chi connectivity index (χ0v) is 20.0. The van der Waals surface area contributed by atoms with Crippen molar-refractivity contribution in [2.45, 2.75) is 18.7 Å². The lowest BCUT2D eigenvalue weighted by Crippen LogP contribution is -2.50. The summed E-state index contributed by atoms with van der Waals surface area (Å²) in [4.78, 5) is 20.2. The van der Waals surface area contributed by atoms with Crippen LogP contribution in [-0.4, -0.2) is 64.5 Å². The van der Waals surface area contributed by atoms with E-state index in [-0.39, 0.29) is 23.9 Å². The average molecular weight is 480 g/mol. The monoisotopic (exact) mass is 479 g/mol. The van der Waals surface area contributed by atoms with Crippen molar-refractivity contribution in [2.24, 2.45) is 7.05 Å². The summed E-state index contributed by atoms with van der Waals surface area (Å²) in [6, 6.07) is 12.1. The fourth-order valence-corrected chi connectivity index (χ4v) is 5.75. The third-order valence-corrected chi connectivity index (χ3v) is 8.07. The summed E-state index contributed by atoms with van der Waals surface area (Å²) in [5.41, 5.74) is 3.33. The Bertz CT molecular complexity index is 1470. The predicted molar refractivity (Wildman–Crippen MR) is 127 cm³/mol. The summed E-state index contributed by atoms with van der Waals surface area (Å²) in [6.07, 6.45) is 1.56. The van der Waals surface area contributed by atoms with Gasteiger partial charge in [0.15, 0.2) is 11.4 Å². The highest BCUT2D eigenvalue weighted by molar-refractivity contribution is 7.89. The van der Waals surface area contributed by atoms with E-state index >= 15 is 0 Å².